The molecule has 0 heterocycles. The molecule has 0 aliphatic heterocycles. The zero-order valence-corrected chi connectivity index (χ0v) is 11.2. The minimum Gasteiger partial charge on any atom is -0.406 e. The van der Waals surface area contributed by atoms with Gasteiger partial charge in [-0.1, -0.05) is 12.1 Å². The van der Waals surface area contributed by atoms with Gasteiger partial charge in [0.2, 0.25) is 0 Å². The standard InChI is InChI=1S/C15H13F4NO/c1-10-5-6-12(16)7-11(10)9-20-13-3-2-4-14(8-13)21-15(17,18)19/h2-8,20H,9H2,1H3. The largest absolute Gasteiger partial charge is 0.573 e. The predicted octanol–water partition coefficient (Wildman–Crippen LogP) is 4.64. The van der Waals surface area contributed by atoms with Crippen molar-refractivity contribution < 1.29 is 22.3 Å². The topological polar surface area (TPSA) is 21.3 Å². The van der Waals surface area contributed by atoms with Gasteiger partial charge >= 0.3 is 6.36 Å². The summed E-state index contributed by atoms with van der Waals surface area (Å²) in [6, 6.07) is 9.90. The van der Waals surface area contributed by atoms with Crippen molar-refractivity contribution in [2.75, 3.05) is 5.32 Å². The molecule has 0 radical (unpaired) electrons. The number of hydrogen-bond acceptors (Lipinski definition) is 2. The molecule has 2 aromatic carbocycles. The Bertz CT molecular complexity index is 625. The van der Waals surface area contributed by atoms with Crippen LogP contribution in [0.2, 0.25) is 0 Å². The summed E-state index contributed by atoms with van der Waals surface area (Å²) in [5.74, 6) is -0.657. The van der Waals surface area contributed by atoms with Crippen LogP contribution in [0.3, 0.4) is 0 Å². The zero-order chi connectivity index (χ0) is 15.5. The van der Waals surface area contributed by atoms with Crippen LogP contribution in [0.1, 0.15) is 11.1 Å². The fourth-order valence-corrected chi connectivity index (χ4v) is 1.83. The van der Waals surface area contributed by atoms with E-state index in [0.29, 0.717) is 12.2 Å². The third-order valence-corrected chi connectivity index (χ3v) is 2.86. The number of hydrogen-bond donors (Lipinski definition) is 1. The van der Waals surface area contributed by atoms with Gasteiger partial charge in [0.05, 0.1) is 0 Å². The molecule has 2 rings (SSSR count). The normalized spacial score (nSPS) is 11.3. The molecule has 0 saturated heterocycles. The Morgan fingerprint density at radius 3 is 2.57 bits per heavy atom. The summed E-state index contributed by atoms with van der Waals surface area (Å²) in [5.41, 5.74) is 2.09. The summed E-state index contributed by atoms with van der Waals surface area (Å²) in [7, 11) is 0. The first-order valence-electron chi connectivity index (χ1n) is 6.18. The van der Waals surface area contributed by atoms with Gasteiger partial charge in [-0.2, -0.15) is 0 Å². The van der Waals surface area contributed by atoms with Crippen LogP contribution in [-0.4, -0.2) is 6.36 Å². The summed E-state index contributed by atoms with van der Waals surface area (Å²) in [5, 5.41) is 2.94. The fraction of sp³-hybridized carbons (Fsp3) is 0.200. The molecule has 1 N–H and O–H groups in total. The number of rotatable bonds is 4. The van der Waals surface area contributed by atoms with Crippen molar-refractivity contribution in [3.63, 3.8) is 0 Å². The van der Waals surface area contributed by atoms with Crippen molar-refractivity contribution in [3.05, 3.63) is 59.4 Å². The van der Waals surface area contributed by atoms with Gasteiger partial charge in [-0.05, 0) is 42.3 Å². The first-order chi connectivity index (χ1) is 9.83. The van der Waals surface area contributed by atoms with Crippen molar-refractivity contribution in [3.8, 4) is 5.75 Å². The second-order valence-electron chi connectivity index (χ2n) is 4.50. The molecule has 112 valence electrons. The highest BCUT2D eigenvalue weighted by molar-refractivity contribution is 5.49. The van der Waals surface area contributed by atoms with Crippen molar-refractivity contribution in [2.24, 2.45) is 0 Å². The lowest BCUT2D eigenvalue weighted by atomic mass is 10.1. The summed E-state index contributed by atoms with van der Waals surface area (Å²) in [6.07, 6.45) is -4.72. The number of alkyl halides is 3. The van der Waals surface area contributed by atoms with Gasteiger partial charge in [0.15, 0.2) is 0 Å². The molecular formula is C15H13F4NO. The Morgan fingerprint density at radius 2 is 1.86 bits per heavy atom. The fourth-order valence-electron chi connectivity index (χ4n) is 1.83. The summed E-state index contributed by atoms with van der Waals surface area (Å²) in [4.78, 5) is 0. The molecule has 0 aromatic heterocycles. The Labute approximate surface area is 119 Å². The van der Waals surface area contributed by atoms with Gasteiger partial charge in [-0.15, -0.1) is 13.2 Å². The Kier molecular flexibility index (Phi) is 4.35. The maximum atomic E-state index is 13.2. The van der Waals surface area contributed by atoms with E-state index in [1.165, 1.54) is 30.3 Å². The molecule has 0 spiro atoms. The van der Waals surface area contributed by atoms with Crippen LogP contribution >= 0.6 is 0 Å². The van der Waals surface area contributed by atoms with Gasteiger partial charge in [0, 0.05) is 18.3 Å². The third-order valence-electron chi connectivity index (χ3n) is 2.86. The van der Waals surface area contributed by atoms with E-state index >= 15 is 0 Å². The summed E-state index contributed by atoms with van der Waals surface area (Å²) >= 11 is 0. The smallest absolute Gasteiger partial charge is 0.406 e. The van der Waals surface area contributed by atoms with Crippen LogP contribution in [0, 0.1) is 12.7 Å². The second kappa shape index (κ2) is 6.03. The second-order valence-corrected chi connectivity index (χ2v) is 4.50. The lowest BCUT2D eigenvalue weighted by Gasteiger charge is -2.12. The molecule has 0 fully saturated rings. The number of ether oxygens (including phenoxy) is 1. The molecule has 2 aromatic rings. The van der Waals surface area contributed by atoms with Crippen LogP contribution in [-0.2, 0) is 6.54 Å². The number of halogens is 4. The quantitative estimate of drug-likeness (QED) is 0.830. The average Bonchev–Trinajstić information content (AvgIpc) is 2.38. The lowest BCUT2D eigenvalue weighted by molar-refractivity contribution is -0.274. The van der Waals surface area contributed by atoms with Crippen molar-refractivity contribution >= 4 is 5.69 Å². The average molecular weight is 299 g/mol. The van der Waals surface area contributed by atoms with Gasteiger partial charge in [0.25, 0.3) is 0 Å². The molecule has 0 amide bonds. The zero-order valence-electron chi connectivity index (χ0n) is 11.2. The van der Waals surface area contributed by atoms with Crippen LogP contribution in [0.4, 0.5) is 23.2 Å². The number of benzene rings is 2. The monoisotopic (exact) mass is 299 g/mol. The molecule has 0 atom stereocenters. The van der Waals surface area contributed by atoms with Gasteiger partial charge < -0.3 is 10.1 Å². The summed E-state index contributed by atoms with van der Waals surface area (Å²) in [6.45, 7) is 2.14. The minimum atomic E-state index is -4.72. The van der Waals surface area contributed by atoms with Crippen molar-refractivity contribution in [1.29, 1.82) is 0 Å². The van der Waals surface area contributed by atoms with Crippen molar-refractivity contribution in [2.45, 2.75) is 19.8 Å². The van der Waals surface area contributed by atoms with Crippen LogP contribution in [0.15, 0.2) is 42.5 Å². The molecule has 0 unspecified atom stereocenters. The number of aryl methyl sites for hydroxylation is 1. The SMILES string of the molecule is Cc1ccc(F)cc1CNc1cccc(OC(F)(F)F)c1. The number of anilines is 1. The summed E-state index contributed by atoms with van der Waals surface area (Å²) < 4.78 is 53.4. The van der Waals surface area contributed by atoms with E-state index in [2.05, 4.69) is 10.1 Å². The van der Waals surface area contributed by atoms with Crippen molar-refractivity contribution in [1.82, 2.24) is 0 Å². The molecular weight excluding hydrogens is 286 g/mol. The van der Waals surface area contributed by atoms with E-state index in [9.17, 15) is 17.6 Å². The Morgan fingerprint density at radius 1 is 1.10 bits per heavy atom. The first kappa shape index (κ1) is 15.2. The van der Waals surface area contributed by atoms with E-state index in [1.807, 2.05) is 6.92 Å². The molecule has 0 bridgehead atoms. The van der Waals surface area contributed by atoms with Gasteiger partial charge in [0.1, 0.15) is 11.6 Å². The maximum absolute atomic E-state index is 13.2. The van der Waals surface area contributed by atoms with Gasteiger partial charge in [-0.25, -0.2) is 4.39 Å². The first-order valence-corrected chi connectivity index (χ1v) is 6.18. The lowest BCUT2D eigenvalue weighted by Crippen LogP contribution is -2.17. The van der Waals surface area contributed by atoms with E-state index in [-0.39, 0.29) is 11.6 Å². The van der Waals surface area contributed by atoms with E-state index < -0.39 is 6.36 Å². The van der Waals surface area contributed by atoms with E-state index in [0.717, 1.165) is 11.1 Å². The molecule has 0 aliphatic rings. The van der Waals surface area contributed by atoms with E-state index in [4.69, 9.17) is 0 Å². The van der Waals surface area contributed by atoms with E-state index in [1.54, 1.807) is 12.1 Å². The van der Waals surface area contributed by atoms with Crippen LogP contribution in [0.5, 0.6) is 5.75 Å². The molecule has 6 heteroatoms. The highest BCUT2D eigenvalue weighted by Gasteiger charge is 2.31. The number of nitrogens with one attached hydrogen (secondary N) is 1. The maximum Gasteiger partial charge on any atom is 0.573 e. The molecule has 2 nitrogen and oxygen atoms in total. The van der Waals surface area contributed by atoms with Crippen LogP contribution < -0.4 is 10.1 Å². The third kappa shape index (κ3) is 4.66. The Hall–Kier alpha value is -2.24. The van der Waals surface area contributed by atoms with Crippen LogP contribution in [0.25, 0.3) is 0 Å². The molecule has 0 saturated carbocycles. The minimum absolute atomic E-state index is 0.302. The predicted molar refractivity (Wildman–Crippen MR) is 71.6 cm³/mol. The molecule has 0 aliphatic carbocycles. The Balaban J connectivity index is 2.06. The highest BCUT2D eigenvalue weighted by Crippen LogP contribution is 2.25. The van der Waals surface area contributed by atoms with Gasteiger partial charge in [-0.3, -0.25) is 0 Å². The molecule has 21 heavy (non-hydrogen) atoms. The highest BCUT2D eigenvalue weighted by atomic mass is 19.4.